The average Bonchev–Trinajstić information content (AvgIpc) is 2.94. The fourth-order valence-electron chi connectivity index (χ4n) is 3.51. The van der Waals surface area contributed by atoms with Crippen LogP contribution >= 0.6 is 0 Å². The maximum Gasteiger partial charge on any atom is 0.431 e. The van der Waals surface area contributed by atoms with Crippen LogP contribution in [0.15, 0.2) is 82.7 Å². The zero-order valence-electron chi connectivity index (χ0n) is 22.0. The minimum absolute atomic E-state index is 0.0292. The monoisotopic (exact) mass is 556 g/mol. The van der Waals surface area contributed by atoms with Crippen molar-refractivity contribution in [3.05, 3.63) is 94.4 Å². The van der Waals surface area contributed by atoms with Crippen molar-refractivity contribution >= 4 is 29.1 Å². The molecule has 0 saturated carbocycles. The van der Waals surface area contributed by atoms with Crippen LogP contribution in [-0.4, -0.2) is 59.0 Å². The van der Waals surface area contributed by atoms with E-state index in [-0.39, 0.29) is 42.4 Å². The second-order valence-corrected chi connectivity index (χ2v) is 8.30. The Balaban J connectivity index is 1.77. The van der Waals surface area contributed by atoms with Crippen molar-refractivity contribution in [1.29, 1.82) is 0 Å². The number of nitrogens with one attached hydrogen (secondary N) is 1. The van der Waals surface area contributed by atoms with Gasteiger partial charge in [-0.1, -0.05) is 0 Å². The molecule has 13 heteroatoms. The Morgan fingerprint density at radius 1 is 1.15 bits per heavy atom. The number of aliphatic imine (C=N–C) groups is 1. The molecule has 0 bridgehead atoms. The average molecular weight is 557 g/mol. The number of pyridine rings is 3. The van der Waals surface area contributed by atoms with Gasteiger partial charge in [0.1, 0.15) is 11.5 Å². The molecule has 0 unspecified atom stereocenters. The normalized spacial score (nSPS) is 12.2. The second-order valence-electron chi connectivity index (χ2n) is 8.30. The van der Waals surface area contributed by atoms with E-state index in [2.05, 4.69) is 20.3 Å². The van der Waals surface area contributed by atoms with Gasteiger partial charge >= 0.3 is 12.1 Å². The minimum Gasteiger partial charge on any atom is -0.466 e. The van der Waals surface area contributed by atoms with Gasteiger partial charge in [-0.3, -0.25) is 29.3 Å². The fourth-order valence-corrected chi connectivity index (χ4v) is 3.51. The van der Waals surface area contributed by atoms with Crippen molar-refractivity contribution in [3.8, 4) is 0 Å². The van der Waals surface area contributed by atoms with Gasteiger partial charge in [0, 0.05) is 50.9 Å². The van der Waals surface area contributed by atoms with Crippen LogP contribution in [0.3, 0.4) is 0 Å². The van der Waals surface area contributed by atoms with E-state index in [1.807, 2.05) is 0 Å². The van der Waals surface area contributed by atoms with Crippen molar-refractivity contribution in [2.45, 2.75) is 26.1 Å². The highest BCUT2D eigenvalue weighted by Crippen LogP contribution is 2.28. The molecule has 0 aliphatic rings. The van der Waals surface area contributed by atoms with Crippen molar-refractivity contribution in [2.75, 3.05) is 30.9 Å². The molecule has 1 N–H and O–H groups in total. The number of nitrogens with zero attached hydrogens (tertiary/aromatic N) is 5. The van der Waals surface area contributed by atoms with Crippen LogP contribution in [0, 0.1) is 0 Å². The minimum atomic E-state index is -4.72. The van der Waals surface area contributed by atoms with Crippen LogP contribution in [0.2, 0.25) is 0 Å². The standard InChI is InChI=1S/C27H27F3N6O4/c1-4-40-25(38)11-13-36-17-19(7-10-24(36)37)26(39)35(3)23-9-8-20(16-33-23)34-22(27(28,29)30)14-21(31-2)18-6-5-12-32-15-18/h5-10,12,14-17,34H,4,11,13H2,1-3H3/b22-14-,31-21+. The Labute approximate surface area is 227 Å². The number of allylic oxidation sites excluding steroid dienone is 2. The lowest BCUT2D eigenvalue weighted by Crippen LogP contribution is -2.29. The molecule has 3 aromatic rings. The number of anilines is 2. The lowest BCUT2D eigenvalue weighted by Gasteiger charge is -2.18. The number of carbonyl (C=O) groups excluding carboxylic acids is 2. The molecule has 0 aromatic carbocycles. The quantitative estimate of drug-likeness (QED) is 0.298. The number of hydrogen-bond donors (Lipinski definition) is 1. The molecule has 3 rings (SSSR count). The summed E-state index contributed by atoms with van der Waals surface area (Å²) in [5, 5.41) is 2.32. The predicted molar refractivity (Wildman–Crippen MR) is 143 cm³/mol. The Hall–Kier alpha value is -4.81. The summed E-state index contributed by atoms with van der Waals surface area (Å²) < 4.78 is 47.5. The molecule has 3 heterocycles. The number of aromatic nitrogens is 3. The summed E-state index contributed by atoms with van der Waals surface area (Å²) in [5.41, 5.74) is -0.798. The van der Waals surface area contributed by atoms with Gasteiger partial charge in [-0.15, -0.1) is 0 Å². The summed E-state index contributed by atoms with van der Waals surface area (Å²) in [5.74, 6) is -0.835. The molecule has 0 fully saturated rings. The Morgan fingerprint density at radius 2 is 1.93 bits per heavy atom. The van der Waals surface area contributed by atoms with E-state index in [1.165, 1.54) is 66.4 Å². The van der Waals surface area contributed by atoms with Gasteiger partial charge in [-0.05, 0) is 43.3 Å². The van der Waals surface area contributed by atoms with E-state index in [0.29, 0.717) is 5.56 Å². The summed E-state index contributed by atoms with van der Waals surface area (Å²) in [6.07, 6.45) is 1.50. The maximum atomic E-state index is 13.8. The number of ether oxygens (including phenoxy) is 1. The van der Waals surface area contributed by atoms with Crippen LogP contribution in [0.5, 0.6) is 0 Å². The molecule has 0 aliphatic heterocycles. The Morgan fingerprint density at radius 3 is 2.52 bits per heavy atom. The Kier molecular flexibility index (Phi) is 9.90. The first-order valence-corrected chi connectivity index (χ1v) is 12.1. The topological polar surface area (TPSA) is 119 Å². The predicted octanol–water partition coefficient (Wildman–Crippen LogP) is 3.85. The fraction of sp³-hybridized carbons (Fsp3) is 0.259. The van der Waals surface area contributed by atoms with E-state index in [4.69, 9.17) is 4.74 Å². The molecular weight excluding hydrogens is 529 g/mol. The summed E-state index contributed by atoms with van der Waals surface area (Å²) >= 11 is 0. The highest BCUT2D eigenvalue weighted by Gasteiger charge is 2.34. The van der Waals surface area contributed by atoms with Gasteiger partial charge in [-0.2, -0.15) is 13.2 Å². The summed E-state index contributed by atoms with van der Waals surface area (Å²) in [6.45, 7) is 1.91. The van der Waals surface area contributed by atoms with Gasteiger partial charge in [0.25, 0.3) is 11.5 Å². The van der Waals surface area contributed by atoms with Crippen LogP contribution < -0.4 is 15.8 Å². The molecule has 210 valence electrons. The first kappa shape index (κ1) is 29.7. The smallest absolute Gasteiger partial charge is 0.431 e. The van der Waals surface area contributed by atoms with E-state index >= 15 is 0 Å². The largest absolute Gasteiger partial charge is 0.466 e. The molecule has 10 nitrogen and oxygen atoms in total. The van der Waals surface area contributed by atoms with E-state index in [1.54, 1.807) is 19.1 Å². The van der Waals surface area contributed by atoms with Gasteiger partial charge in [0.2, 0.25) is 0 Å². The zero-order chi connectivity index (χ0) is 29.3. The molecule has 0 spiro atoms. The lowest BCUT2D eigenvalue weighted by molar-refractivity contribution is -0.143. The third kappa shape index (κ3) is 7.85. The van der Waals surface area contributed by atoms with E-state index < -0.39 is 29.3 Å². The van der Waals surface area contributed by atoms with Crippen LogP contribution in [0.1, 0.15) is 29.3 Å². The van der Waals surface area contributed by atoms with Crippen molar-refractivity contribution in [1.82, 2.24) is 14.5 Å². The van der Waals surface area contributed by atoms with Crippen LogP contribution in [-0.2, 0) is 16.1 Å². The van der Waals surface area contributed by atoms with Gasteiger partial charge in [0.15, 0.2) is 0 Å². The van der Waals surface area contributed by atoms with Crippen LogP contribution in [0.4, 0.5) is 24.7 Å². The van der Waals surface area contributed by atoms with Crippen molar-refractivity contribution < 1.29 is 27.5 Å². The number of alkyl halides is 3. The summed E-state index contributed by atoms with van der Waals surface area (Å²) in [6, 6.07) is 8.45. The van der Waals surface area contributed by atoms with E-state index in [9.17, 15) is 27.6 Å². The number of carbonyl (C=O) groups is 2. The Bertz CT molecular complexity index is 1450. The number of aryl methyl sites for hydroxylation is 1. The second kappa shape index (κ2) is 13.3. The molecule has 3 aromatic heterocycles. The number of amides is 1. The van der Waals surface area contributed by atoms with Gasteiger partial charge in [-0.25, -0.2) is 4.98 Å². The number of esters is 1. The molecule has 0 atom stereocenters. The molecule has 0 saturated heterocycles. The first-order valence-electron chi connectivity index (χ1n) is 12.1. The third-order valence-electron chi connectivity index (χ3n) is 5.55. The maximum absolute atomic E-state index is 13.8. The summed E-state index contributed by atoms with van der Waals surface area (Å²) in [7, 11) is 2.81. The lowest BCUT2D eigenvalue weighted by atomic mass is 10.1. The number of rotatable bonds is 10. The molecular formula is C27H27F3N6O4. The van der Waals surface area contributed by atoms with E-state index in [0.717, 1.165) is 12.3 Å². The molecule has 0 aliphatic carbocycles. The van der Waals surface area contributed by atoms with Gasteiger partial charge < -0.3 is 14.6 Å². The third-order valence-corrected chi connectivity index (χ3v) is 5.55. The highest BCUT2D eigenvalue weighted by molar-refractivity contribution is 6.09. The zero-order valence-corrected chi connectivity index (χ0v) is 22.0. The SMILES string of the molecule is CCOC(=O)CCn1cc(C(=O)N(C)c2ccc(N/C(=C\C(=N/C)c3cccnc3)C(F)(F)F)cn2)ccc1=O. The highest BCUT2D eigenvalue weighted by atomic mass is 19.4. The molecule has 1 amide bonds. The molecule has 0 radical (unpaired) electrons. The molecule has 40 heavy (non-hydrogen) atoms. The number of halogens is 3. The van der Waals surface area contributed by atoms with Crippen molar-refractivity contribution in [3.63, 3.8) is 0 Å². The van der Waals surface area contributed by atoms with Crippen molar-refractivity contribution in [2.24, 2.45) is 4.99 Å². The van der Waals surface area contributed by atoms with Gasteiger partial charge in [0.05, 0.1) is 36.2 Å². The first-order chi connectivity index (χ1) is 19.0. The van der Waals surface area contributed by atoms with Crippen LogP contribution in [0.25, 0.3) is 0 Å². The number of hydrogen-bond acceptors (Lipinski definition) is 8. The summed E-state index contributed by atoms with van der Waals surface area (Å²) in [4.78, 5) is 49.9.